The van der Waals surface area contributed by atoms with Crippen LogP contribution in [0.3, 0.4) is 0 Å². The molecule has 1 unspecified atom stereocenters. The van der Waals surface area contributed by atoms with Gasteiger partial charge < -0.3 is 4.90 Å². The Balaban J connectivity index is 0.000000388. The van der Waals surface area contributed by atoms with Gasteiger partial charge in [0.15, 0.2) is 0 Å². The molecule has 0 saturated carbocycles. The molecular formula is C17H28NO. The van der Waals surface area contributed by atoms with Crippen molar-refractivity contribution in [3.8, 4) is 12.3 Å². The van der Waals surface area contributed by atoms with Crippen LogP contribution in [0, 0.1) is 24.2 Å². The van der Waals surface area contributed by atoms with E-state index in [1.54, 1.807) is 6.92 Å². The predicted molar refractivity (Wildman–Crippen MR) is 82.4 cm³/mol. The molecule has 0 fully saturated rings. The summed E-state index contributed by atoms with van der Waals surface area (Å²) in [6.45, 7) is 13.0. The molecule has 0 heterocycles. The summed E-state index contributed by atoms with van der Waals surface area (Å²) in [7, 11) is 0. The summed E-state index contributed by atoms with van der Waals surface area (Å²) < 4.78 is 0. The molecule has 1 aliphatic rings. The topological polar surface area (TPSA) is 20.3 Å². The first-order valence-corrected chi connectivity index (χ1v) is 7.00. The van der Waals surface area contributed by atoms with E-state index in [9.17, 15) is 4.79 Å². The van der Waals surface area contributed by atoms with Gasteiger partial charge in [-0.3, -0.25) is 4.79 Å². The second kappa shape index (κ2) is 8.04. The summed E-state index contributed by atoms with van der Waals surface area (Å²) in [5, 5.41) is 0. The van der Waals surface area contributed by atoms with Gasteiger partial charge in [-0.2, -0.15) is 0 Å². The molecule has 107 valence electrons. The lowest BCUT2D eigenvalue weighted by atomic mass is 9.93. The molecule has 0 aromatic heterocycles. The molecule has 1 aliphatic carbocycles. The third-order valence-electron chi connectivity index (χ3n) is 3.22. The molecule has 0 spiro atoms. The van der Waals surface area contributed by atoms with Gasteiger partial charge in [0.05, 0.1) is 0 Å². The van der Waals surface area contributed by atoms with Gasteiger partial charge in [0, 0.05) is 32.4 Å². The Bertz CT molecular complexity index is 354. The number of hydrogen-bond acceptors (Lipinski definition) is 1. The largest absolute Gasteiger partial charge is 0.339 e. The number of carbonyl (C=O) groups excluding carboxylic acids is 1. The lowest BCUT2D eigenvalue weighted by Gasteiger charge is -2.26. The van der Waals surface area contributed by atoms with Gasteiger partial charge in [-0.15, -0.1) is 12.3 Å². The summed E-state index contributed by atoms with van der Waals surface area (Å²) in [6.07, 6.45) is 11.1. The van der Waals surface area contributed by atoms with Crippen molar-refractivity contribution in [3.63, 3.8) is 0 Å². The Hall–Kier alpha value is -1.23. The highest BCUT2D eigenvalue weighted by Gasteiger charge is 2.22. The van der Waals surface area contributed by atoms with Crippen molar-refractivity contribution in [1.82, 2.24) is 4.90 Å². The highest BCUT2D eigenvalue weighted by Crippen LogP contribution is 2.36. The van der Waals surface area contributed by atoms with Crippen LogP contribution in [0.15, 0.2) is 11.6 Å². The maximum Gasteiger partial charge on any atom is 0.219 e. The first kappa shape index (κ1) is 17.8. The fourth-order valence-electron chi connectivity index (χ4n) is 1.64. The fraction of sp³-hybridized carbons (Fsp3) is 0.647. The SMILES string of the molecule is C#CCCN(C(C)=O)C(C)CC.CC(C)(C)C1=C[CH]1. The highest BCUT2D eigenvalue weighted by molar-refractivity contribution is 5.73. The van der Waals surface area contributed by atoms with E-state index < -0.39 is 0 Å². The molecule has 0 aromatic carbocycles. The van der Waals surface area contributed by atoms with Gasteiger partial charge >= 0.3 is 0 Å². The van der Waals surface area contributed by atoms with E-state index in [1.807, 2.05) is 11.8 Å². The van der Waals surface area contributed by atoms with E-state index in [-0.39, 0.29) is 5.91 Å². The average Bonchev–Trinajstić information content (AvgIpc) is 3.12. The molecule has 0 aromatic rings. The van der Waals surface area contributed by atoms with Crippen LogP contribution in [0.4, 0.5) is 0 Å². The van der Waals surface area contributed by atoms with Gasteiger partial charge in [-0.1, -0.05) is 39.3 Å². The van der Waals surface area contributed by atoms with Crippen molar-refractivity contribution < 1.29 is 4.79 Å². The molecule has 2 heteroatoms. The van der Waals surface area contributed by atoms with E-state index in [4.69, 9.17) is 6.42 Å². The van der Waals surface area contributed by atoms with E-state index in [0.29, 0.717) is 24.4 Å². The number of terminal acetylenes is 1. The lowest BCUT2D eigenvalue weighted by Crippen LogP contribution is -2.37. The number of allylic oxidation sites excluding steroid dienone is 2. The first-order valence-electron chi connectivity index (χ1n) is 7.00. The maximum atomic E-state index is 11.1. The lowest BCUT2D eigenvalue weighted by molar-refractivity contribution is -0.130. The van der Waals surface area contributed by atoms with Crippen molar-refractivity contribution in [2.24, 2.45) is 5.41 Å². The molecule has 2 nitrogen and oxygen atoms in total. The molecule has 1 amide bonds. The van der Waals surface area contributed by atoms with Gasteiger partial charge in [0.1, 0.15) is 0 Å². The monoisotopic (exact) mass is 262 g/mol. The minimum absolute atomic E-state index is 0.111. The first-order chi connectivity index (χ1) is 8.73. The quantitative estimate of drug-likeness (QED) is 0.705. The number of carbonyl (C=O) groups is 1. The highest BCUT2D eigenvalue weighted by atomic mass is 16.2. The van der Waals surface area contributed by atoms with Crippen LogP contribution in [-0.4, -0.2) is 23.4 Å². The molecule has 0 N–H and O–H groups in total. The van der Waals surface area contributed by atoms with Gasteiger partial charge in [0.25, 0.3) is 0 Å². The fourth-order valence-corrected chi connectivity index (χ4v) is 1.64. The van der Waals surface area contributed by atoms with Crippen LogP contribution in [0.1, 0.15) is 54.4 Å². The predicted octanol–water partition coefficient (Wildman–Crippen LogP) is 3.83. The van der Waals surface area contributed by atoms with E-state index in [2.05, 4.69) is 46.1 Å². The van der Waals surface area contributed by atoms with Crippen LogP contribution >= 0.6 is 0 Å². The Labute approximate surface area is 119 Å². The standard InChI is InChI=1S/C10H17NO.C7H11/c1-5-7-8-11(10(4)12)9(3)6-2;1-7(2,3)6-4-5-6/h1,9H,6-8H2,2-4H3;4-5H,1-3H3. The van der Waals surface area contributed by atoms with Gasteiger partial charge in [-0.05, 0) is 18.8 Å². The summed E-state index contributed by atoms with van der Waals surface area (Å²) in [6, 6.07) is 0.302. The van der Waals surface area contributed by atoms with E-state index in [1.165, 1.54) is 5.57 Å². The molecule has 1 atom stereocenters. The molecule has 1 radical (unpaired) electrons. The zero-order valence-electron chi connectivity index (χ0n) is 13.3. The van der Waals surface area contributed by atoms with Crippen LogP contribution < -0.4 is 0 Å². The third-order valence-corrected chi connectivity index (χ3v) is 3.22. The minimum atomic E-state index is 0.111. The van der Waals surface area contributed by atoms with E-state index >= 15 is 0 Å². The van der Waals surface area contributed by atoms with Crippen LogP contribution in [0.25, 0.3) is 0 Å². The minimum Gasteiger partial charge on any atom is -0.339 e. The Morgan fingerprint density at radius 2 is 2.00 bits per heavy atom. The van der Waals surface area contributed by atoms with Crippen molar-refractivity contribution in [3.05, 3.63) is 18.1 Å². The second-order valence-electron chi connectivity index (χ2n) is 5.96. The van der Waals surface area contributed by atoms with Crippen molar-refractivity contribution in [2.45, 2.75) is 60.4 Å². The Kier molecular flexibility index (Phi) is 7.52. The zero-order chi connectivity index (χ0) is 15.1. The summed E-state index contributed by atoms with van der Waals surface area (Å²) in [5.74, 6) is 2.65. The van der Waals surface area contributed by atoms with Crippen molar-refractivity contribution in [2.75, 3.05) is 6.54 Å². The van der Waals surface area contributed by atoms with Crippen molar-refractivity contribution in [1.29, 1.82) is 0 Å². The summed E-state index contributed by atoms with van der Waals surface area (Å²) >= 11 is 0. The van der Waals surface area contributed by atoms with Gasteiger partial charge in [-0.25, -0.2) is 0 Å². The summed E-state index contributed by atoms with van der Waals surface area (Å²) in [5.41, 5.74) is 1.91. The third kappa shape index (κ3) is 7.72. The number of rotatable bonds is 4. The molecule has 1 rings (SSSR count). The number of amides is 1. The molecule has 0 bridgehead atoms. The smallest absolute Gasteiger partial charge is 0.219 e. The van der Waals surface area contributed by atoms with Crippen LogP contribution in [-0.2, 0) is 4.79 Å². The Morgan fingerprint density at radius 3 is 2.21 bits per heavy atom. The van der Waals surface area contributed by atoms with E-state index in [0.717, 1.165) is 6.42 Å². The molecular weight excluding hydrogens is 234 g/mol. The van der Waals surface area contributed by atoms with Gasteiger partial charge in [0.2, 0.25) is 5.91 Å². The maximum absolute atomic E-state index is 11.1. The molecule has 19 heavy (non-hydrogen) atoms. The summed E-state index contributed by atoms with van der Waals surface area (Å²) in [4.78, 5) is 12.9. The Morgan fingerprint density at radius 1 is 1.47 bits per heavy atom. The second-order valence-corrected chi connectivity index (χ2v) is 5.96. The van der Waals surface area contributed by atoms with Crippen LogP contribution in [0.2, 0.25) is 0 Å². The van der Waals surface area contributed by atoms with Crippen LogP contribution in [0.5, 0.6) is 0 Å². The number of nitrogens with zero attached hydrogens (tertiary/aromatic N) is 1. The molecule has 0 aliphatic heterocycles. The zero-order valence-corrected chi connectivity index (χ0v) is 13.3. The van der Waals surface area contributed by atoms with Crippen molar-refractivity contribution >= 4 is 5.91 Å². The normalized spacial score (nSPS) is 14.5. The number of hydrogen-bond donors (Lipinski definition) is 0. The average molecular weight is 262 g/mol. The molecule has 0 saturated heterocycles.